The number of pyridine rings is 1. The molecule has 26 heavy (non-hydrogen) atoms. The monoisotopic (exact) mass is 393 g/mol. The van der Waals surface area contributed by atoms with Gasteiger partial charge in [-0.15, -0.1) is 0 Å². The normalized spacial score (nSPS) is 10.5. The molecule has 1 heterocycles. The Hall–Kier alpha value is -2.70. The Morgan fingerprint density at radius 1 is 0.962 bits per heavy atom. The number of carbonyl (C=O) groups is 1. The number of amides is 1. The van der Waals surface area contributed by atoms with Crippen molar-refractivity contribution in [2.24, 2.45) is 0 Å². The van der Waals surface area contributed by atoms with Crippen molar-refractivity contribution in [2.75, 3.05) is 10.6 Å². The van der Waals surface area contributed by atoms with Gasteiger partial charge in [0.1, 0.15) is 5.82 Å². The first-order valence-corrected chi connectivity index (χ1v) is 8.12. The zero-order valence-corrected chi connectivity index (χ0v) is 14.6. The van der Waals surface area contributed by atoms with Crippen LogP contribution in [0.25, 0.3) is 0 Å². The zero-order chi connectivity index (χ0) is 18.7. The van der Waals surface area contributed by atoms with E-state index in [1.807, 2.05) is 0 Å². The zero-order valence-electron chi connectivity index (χ0n) is 13.1. The van der Waals surface area contributed by atoms with Gasteiger partial charge < -0.3 is 10.6 Å². The molecule has 3 aromatic rings. The van der Waals surface area contributed by atoms with E-state index in [9.17, 15) is 13.6 Å². The number of nitrogens with zero attached hydrogens (tertiary/aromatic N) is 1. The number of carbonyl (C=O) groups excluding carboxylic acids is 1. The van der Waals surface area contributed by atoms with Crippen molar-refractivity contribution in [1.29, 1.82) is 0 Å². The van der Waals surface area contributed by atoms with E-state index in [1.54, 1.807) is 30.3 Å². The van der Waals surface area contributed by atoms with Crippen LogP contribution in [0.3, 0.4) is 0 Å². The predicted octanol–water partition coefficient (Wildman–Crippen LogP) is 5.66. The molecule has 2 N–H and O–H groups in total. The Labute approximate surface area is 157 Å². The van der Waals surface area contributed by atoms with Gasteiger partial charge in [0, 0.05) is 10.6 Å². The van der Waals surface area contributed by atoms with Crippen molar-refractivity contribution in [3.8, 4) is 0 Å². The third-order valence-corrected chi connectivity index (χ3v) is 3.96. The number of nitrogens with one attached hydrogen (secondary N) is 2. The van der Waals surface area contributed by atoms with E-state index in [4.69, 9.17) is 23.2 Å². The molecule has 0 bridgehead atoms. The minimum atomic E-state index is -1.09. The van der Waals surface area contributed by atoms with Crippen LogP contribution in [0.1, 0.15) is 10.4 Å². The fourth-order valence-corrected chi connectivity index (χ4v) is 2.45. The van der Waals surface area contributed by atoms with Crippen molar-refractivity contribution < 1.29 is 13.6 Å². The molecule has 0 fully saturated rings. The predicted molar refractivity (Wildman–Crippen MR) is 98.3 cm³/mol. The van der Waals surface area contributed by atoms with Crippen LogP contribution in [0.15, 0.2) is 54.7 Å². The standard InChI is InChI=1S/C18H11Cl2F2N3O/c19-11-2-4-13(20)16(8-11)25-17-6-3-12(9-23-17)24-18(26)10-1-5-14(21)15(22)7-10/h1-9H,(H,23,25)(H,24,26). The first kappa shape index (κ1) is 18.1. The van der Waals surface area contributed by atoms with Gasteiger partial charge in [-0.25, -0.2) is 13.8 Å². The van der Waals surface area contributed by atoms with Crippen molar-refractivity contribution in [3.63, 3.8) is 0 Å². The summed E-state index contributed by atoms with van der Waals surface area (Å²) in [6.07, 6.45) is 1.42. The summed E-state index contributed by atoms with van der Waals surface area (Å²) in [7, 11) is 0. The minimum Gasteiger partial charge on any atom is -0.339 e. The molecule has 0 radical (unpaired) electrons. The van der Waals surface area contributed by atoms with Gasteiger partial charge in [-0.05, 0) is 48.5 Å². The Balaban J connectivity index is 1.70. The fourth-order valence-electron chi connectivity index (χ4n) is 2.11. The average Bonchev–Trinajstić information content (AvgIpc) is 2.62. The smallest absolute Gasteiger partial charge is 0.255 e. The first-order valence-electron chi connectivity index (χ1n) is 7.37. The Morgan fingerprint density at radius 3 is 2.46 bits per heavy atom. The van der Waals surface area contributed by atoms with Crippen LogP contribution < -0.4 is 10.6 Å². The molecular formula is C18H11Cl2F2N3O. The maximum absolute atomic E-state index is 13.2. The van der Waals surface area contributed by atoms with E-state index < -0.39 is 17.5 Å². The maximum atomic E-state index is 13.2. The molecule has 0 spiro atoms. The summed E-state index contributed by atoms with van der Waals surface area (Å²) >= 11 is 12.0. The number of halogens is 4. The van der Waals surface area contributed by atoms with Crippen molar-refractivity contribution in [3.05, 3.63) is 82.0 Å². The molecular weight excluding hydrogens is 383 g/mol. The Morgan fingerprint density at radius 2 is 1.77 bits per heavy atom. The van der Waals surface area contributed by atoms with E-state index in [0.717, 1.165) is 12.1 Å². The lowest BCUT2D eigenvalue weighted by atomic mass is 10.2. The molecule has 1 aromatic heterocycles. The first-order chi connectivity index (χ1) is 12.4. The third-order valence-electron chi connectivity index (χ3n) is 3.39. The van der Waals surface area contributed by atoms with E-state index in [-0.39, 0.29) is 5.56 Å². The lowest BCUT2D eigenvalue weighted by Crippen LogP contribution is -2.12. The van der Waals surface area contributed by atoms with Crippen LogP contribution in [0, 0.1) is 11.6 Å². The molecule has 0 aliphatic carbocycles. The maximum Gasteiger partial charge on any atom is 0.255 e. The molecule has 0 aliphatic heterocycles. The molecule has 0 aliphatic rings. The number of benzene rings is 2. The van der Waals surface area contributed by atoms with Gasteiger partial charge in [-0.1, -0.05) is 23.2 Å². The number of hydrogen-bond acceptors (Lipinski definition) is 3. The second-order valence-electron chi connectivity index (χ2n) is 5.26. The van der Waals surface area contributed by atoms with Crippen LogP contribution in [0.4, 0.5) is 26.0 Å². The lowest BCUT2D eigenvalue weighted by Gasteiger charge is -2.09. The van der Waals surface area contributed by atoms with Gasteiger partial charge >= 0.3 is 0 Å². The van der Waals surface area contributed by atoms with Crippen molar-refractivity contribution in [2.45, 2.75) is 0 Å². The minimum absolute atomic E-state index is 0.00295. The molecule has 132 valence electrons. The quantitative estimate of drug-likeness (QED) is 0.600. The number of rotatable bonds is 4. The SMILES string of the molecule is O=C(Nc1ccc(Nc2cc(Cl)ccc2Cl)nc1)c1ccc(F)c(F)c1. The number of anilines is 3. The van der Waals surface area contributed by atoms with Gasteiger partial charge in [0.2, 0.25) is 0 Å². The molecule has 0 unspecified atom stereocenters. The van der Waals surface area contributed by atoms with E-state index in [1.165, 1.54) is 12.3 Å². The summed E-state index contributed by atoms with van der Waals surface area (Å²) < 4.78 is 26.1. The Kier molecular flexibility index (Phi) is 5.35. The highest BCUT2D eigenvalue weighted by Gasteiger charge is 2.10. The summed E-state index contributed by atoms with van der Waals surface area (Å²) in [6.45, 7) is 0. The van der Waals surface area contributed by atoms with E-state index in [0.29, 0.717) is 27.2 Å². The van der Waals surface area contributed by atoms with Crippen LogP contribution in [-0.4, -0.2) is 10.9 Å². The molecule has 3 rings (SSSR count). The lowest BCUT2D eigenvalue weighted by molar-refractivity contribution is 0.102. The second kappa shape index (κ2) is 7.68. The molecule has 1 amide bonds. The molecule has 0 atom stereocenters. The number of hydrogen-bond donors (Lipinski definition) is 2. The highest BCUT2D eigenvalue weighted by Crippen LogP contribution is 2.28. The van der Waals surface area contributed by atoms with Gasteiger partial charge in [0.25, 0.3) is 5.91 Å². The van der Waals surface area contributed by atoms with Crippen molar-refractivity contribution in [1.82, 2.24) is 4.98 Å². The summed E-state index contributed by atoms with van der Waals surface area (Å²) in [6, 6.07) is 11.1. The second-order valence-corrected chi connectivity index (χ2v) is 6.11. The largest absolute Gasteiger partial charge is 0.339 e. The van der Waals surface area contributed by atoms with Gasteiger partial charge in [-0.3, -0.25) is 4.79 Å². The molecule has 8 heteroatoms. The van der Waals surface area contributed by atoms with E-state index >= 15 is 0 Å². The average molecular weight is 394 g/mol. The van der Waals surface area contributed by atoms with Gasteiger partial charge in [0.15, 0.2) is 11.6 Å². The third kappa shape index (κ3) is 4.28. The summed E-state index contributed by atoms with van der Waals surface area (Å²) in [4.78, 5) is 16.2. The fraction of sp³-hybridized carbons (Fsp3) is 0. The molecule has 4 nitrogen and oxygen atoms in total. The van der Waals surface area contributed by atoms with Crippen molar-refractivity contribution >= 4 is 46.3 Å². The molecule has 0 saturated carbocycles. The van der Waals surface area contributed by atoms with E-state index in [2.05, 4.69) is 15.6 Å². The molecule has 0 saturated heterocycles. The Bertz CT molecular complexity index is 965. The van der Waals surface area contributed by atoms with Gasteiger partial charge in [-0.2, -0.15) is 0 Å². The summed E-state index contributed by atoms with van der Waals surface area (Å²) in [5.74, 6) is -2.20. The summed E-state index contributed by atoms with van der Waals surface area (Å²) in [5.41, 5.74) is 0.976. The van der Waals surface area contributed by atoms with Crippen LogP contribution in [0.5, 0.6) is 0 Å². The number of aromatic nitrogens is 1. The highest BCUT2D eigenvalue weighted by molar-refractivity contribution is 6.35. The highest BCUT2D eigenvalue weighted by atomic mass is 35.5. The van der Waals surface area contributed by atoms with Crippen LogP contribution in [0.2, 0.25) is 10.0 Å². The van der Waals surface area contributed by atoms with Crippen LogP contribution >= 0.6 is 23.2 Å². The van der Waals surface area contributed by atoms with Gasteiger partial charge in [0.05, 0.1) is 22.6 Å². The summed E-state index contributed by atoms with van der Waals surface area (Å²) in [5, 5.41) is 6.56. The molecule has 2 aromatic carbocycles. The topological polar surface area (TPSA) is 54.0 Å². The van der Waals surface area contributed by atoms with Crippen LogP contribution in [-0.2, 0) is 0 Å².